The second-order valence-electron chi connectivity index (χ2n) is 4.45. The topological polar surface area (TPSA) is 48.4 Å². The Morgan fingerprint density at radius 1 is 1.14 bits per heavy atom. The van der Waals surface area contributed by atoms with Crippen molar-refractivity contribution in [3.8, 4) is 0 Å². The van der Waals surface area contributed by atoms with Gasteiger partial charge in [-0.15, -0.1) is 0 Å². The molecule has 112 valence electrons. The molecule has 0 unspecified atom stereocenters. The van der Waals surface area contributed by atoms with Crippen LogP contribution in [0.1, 0.15) is 11.1 Å². The van der Waals surface area contributed by atoms with Gasteiger partial charge in [-0.3, -0.25) is 9.78 Å². The highest BCUT2D eigenvalue weighted by atomic mass is 16.5. The number of aromatic nitrogens is 1. The van der Waals surface area contributed by atoms with Gasteiger partial charge >= 0.3 is 0 Å². The van der Waals surface area contributed by atoms with Gasteiger partial charge in [0.1, 0.15) is 6.29 Å². The first-order valence-corrected chi connectivity index (χ1v) is 6.67. The van der Waals surface area contributed by atoms with E-state index in [1.807, 2.05) is 31.3 Å². The number of carbonyl (C=O) groups is 1. The minimum atomic E-state index is 0.691. The molecule has 0 fully saturated rings. The summed E-state index contributed by atoms with van der Waals surface area (Å²) in [6, 6.07) is 8.05. The van der Waals surface area contributed by atoms with Crippen LogP contribution in [0.3, 0.4) is 0 Å². The van der Waals surface area contributed by atoms with E-state index < -0.39 is 0 Å². The Morgan fingerprint density at radius 2 is 1.86 bits per heavy atom. The first kappa shape index (κ1) is 17.0. The summed E-state index contributed by atoms with van der Waals surface area (Å²) in [6.45, 7) is 3.40. The number of nitrogens with zero attached hydrogens (tertiary/aromatic N) is 1. The molecule has 1 aromatic heterocycles. The van der Waals surface area contributed by atoms with Gasteiger partial charge in [-0.25, -0.2) is 0 Å². The number of pyridine rings is 1. The van der Waals surface area contributed by atoms with Crippen LogP contribution in [0.5, 0.6) is 0 Å². The highest BCUT2D eigenvalue weighted by molar-refractivity contribution is 5.83. The molecule has 0 aliphatic rings. The number of hydrogen-bond donors (Lipinski definition) is 0. The molecule has 1 aromatic carbocycles. The summed E-state index contributed by atoms with van der Waals surface area (Å²) in [4.78, 5) is 14.5. The van der Waals surface area contributed by atoms with Crippen molar-refractivity contribution in [1.29, 1.82) is 0 Å². The quantitative estimate of drug-likeness (QED) is 0.482. The number of rotatable bonds is 5. The Hall–Kier alpha value is -2.04. The molecular weight excluding hydrogens is 266 g/mol. The fourth-order valence-electron chi connectivity index (χ4n) is 1.67. The molecule has 21 heavy (non-hydrogen) atoms. The number of carbonyl (C=O) groups excluding carboxylic acids is 1. The average Bonchev–Trinajstić information content (AvgIpc) is 2.51. The molecule has 0 spiro atoms. The number of ether oxygens (including phenoxy) is 2. The minimum Gasteiger partial charge on any atom is -0.382 e. The van der Waals surface area contributed by atoms with Crippen molar-refractivity contribution in [2.24, 2.45) is 0 Å². The maximum atomic E-state index is 10.2. The summed E-state index contributed by atoms with van der Waals surface area (Å²) in [6.07, 6.45) is 5.87. The van der Waals surface area contributed by atoms with Crippen LogP contribution in [0, 0.1) is 6.92 Å². The van der Waals surface area contributed by atoms with Gasteiger partial charge < -0.3 is 9.47 Å². The van der Waals surface area contributed by atoms with Gasteiger partial charge in [-0.05, 0) is 36.3 Å². The predicted octanol–water partition coefficient (Wildman–Crippen LogP) is 3.03. The van der Waals surface area contributed by atoms with Crippen LogP contribution in [-0.4, -0.2) is 38.7 Å². The highest BCUT2D eigenvalue weighted by Crippen LogP contribution is 2.15. The second-order valence-corrected chi connectivity index (χ2v) is 4.45. The van der Waals surface area contributed by atoms with Crippen LogP contribution in [0.2, 0.25) is 0 Å². The van der Waals surface area contributed by atoms with Gasteiger partial charge in [0.15, 0.2) is 0 Å². The zero-order valence-electron chi connectivity index (χ0n) is 12.7. The van der Waals surface area contributed by atoms with Crippen LogP contribution in [0.25, 0.3) is 17.0 Å². The van der Waals surface area contributed by atoms with Crippen LogP contribution in [0.15, 0.2) is 36.5 Å². The van der Waals surface area contributed by atoms with Crippen molar-refractivity contribution in [3.05, 3.63) is 47.7 Å². The Bertz CT molecular complexity index is 590. The monoisotopic (exact) mass is 287 g/mol. The van der Waals surface area contributed by atoms with E-state index in [0.717, 1.165) is 28.3 Å². The number of aldehydes is 1. The first-order chi connectivity index (χ1) is 10.2. The second kappa shape index (κ2) is 9.80. The third kappa shape index (κ3) is 6.29. The lowest BCUT2D eigenvalue weighted by Gasteiger charge is -1.99. The lowest BCUT2D eigenvalue weighted by atomic mass is 10.1. The van der Waals surface area contributed by atoms with Crippen molar-refractivity contribution in [1.82, 2.24) is 4.98 Å². The van der Waals surface area contributed by atoms with E-state index in [2.05, 4.69) is 20.5 Å². The molecule has 0 amide bonds. The molecule has 0 N–H and O–H groups in total. The molecule has 4 heteroatoms. The molecule has 2 rings (SSSR count). The number of methoxy groups -OCH3 is 2. The van der Waals surface area contributed by atoms with E-state index in [0.29, 0.717) is 13.2 Å². The van der Waals surface area contributed by atoms with E-state index in [9.17, 15) is 4.79 Å². The third-order valence-corrected chi connectivity index (χ3v) is 2.70. The molecule has 0 saturated heterocycles. The molecule has 0 bridgehead atoms. The van der Waals surface area contributed by atoms with E-state index in [4.69, 9.17) is 0 Å². The summed E-state index contributed by atoms with van der Waals surface area (Å²) >= 11 is 0. The Morgan fingerprint density at radius 3 is 2.48 bits per heavy atom. The normalized spacial score (nSPS) is 10.4. The molecule has 0 atom stereocenters. The SMILES string of the molecule is COCCOC.Cc1cnc2cc(/C=C/C=O)ccc2c1. The highest BCUT2D eigenvalue weighted by Gasteiger charge is 1.95. The van der Waals surface area contributed by atoms with Gasteiger partial charge in [0.05, 0.1) is 18.7 Å². The molecule has 0 radical (unpaired) electrons. The van der Waals surface area contributed by atoms with E-state index >= 15 is 0 Å². The smallest absolute Gasteiger partial charge is 0.142 e. The third-order valence-electron chi connectivity index (χ3n) is 2.70. The summed E-state index contributed by atoms with van der Waals surface area (Å²) < 4.78 is 9.31. The molecule has 0 saturated carbocycles. The van der Waals surface area contributed by atoms with Crippen LogP contribution >= 0.6 is 0 Å². The summed E-state index contributed by atoms with van der Waals surface area (Å²) in [5.41, 5.74) is 3.10. The first-order valence-electron chi connectivity index (χ1n) is 6.67. The number of allylic oxidation sites excluding steroid dienone is 1. The maximum absolute atomic E-state index is 10.2. The number of hydrogen-bond acceptors (Lipinski definition) is 4. The number of aryl methyl sites for hydroxylation is 1. The number of benzene rings is 1. The Balaban J connectivity index is 0.000000315. The average molecular weight is 287 g/mol. The Labute approximate surface area is 125 Å². The van der Waals surface area contributed by atoms with Gasteiger partial charge in [-0.2, -0.15) is 0 Å². The van der Waals surface area contributed by atoms with E-state index in [-0.39, 0.29) is 0 Å². The van der Waals surface area contributed by atoms with Crippen LogP contribution < -0.4 is 0 Å². The molecule has 0 aliphatic heterocycles. The minimum absolute atomic E-state index is 0.691. The van der Waals surface area contributed by atoms with Crippen molar-refractivity contribution < 1.29 is 14.3 Å². The lowest BCUT2D eigenvalue weighted by Crippen LogP contribution is -1.96. The zero-order chi connectivity index (χ0) is 15.5. The molecule has 0 aliphatic carbocycles. The molecule has 4 nitrogen and oxygen atoms in total. The molecular formula is C17H21NO3. The number of fused-ring (bicyclic) bond motifs is 1. The van der Waals surface area contributed by atoms with E-state index in [1.54, 1.807) is 20.3 Å². The van der Waals surface area contributed by atoms with Crippen molar-refractivity contribution >= 4 is 23.3 Å². The van der Waals surface area contributed by atoms with Gasteiger partial charge in [-0.1, -0.05) is 18.2 Å². The van der Waals surface area contributed by atoms with Crippen molar-refractivity contribution in [2.75, 3.05) is 27.4 Å². The Kier molecular flexibility index (Phi) is 7.94. The lowest BCUT2D eigenvalue weighted by molar-refractivity contribution is -0.104. The molecule has 1 heterocycles. The van der Waals surface area contributed by atoms with Gasteiger partial charge in [0.25, 0.3) is 0 Å². The van der Waals surface area contributed by atoms with Crippen molar-refractivity contribution in [3.63, 3.8) is 0 Å². The summed E-state index contributed by atoms with van der Waals surface area (Å²) in [7, 11) is 3.30. The largest absolute Gasteiger partial charge is 0.382 e. The standard InChI is InChI=1S/C13H11NO.C4H10O2/c1-10-7-12-5-4-11(3-2-6-15)8-13(12)14-9-10;1-5-3-4-6-2/h2-9H,1H3;3-4H2,1-2H3/b3-2+;. The van der Waals surface area contributed by atoms with Crippen LogP contribution in [0.4, 0.5) is 0 Å². The molecule has 2 aromatic rings. The maximum Gasteiger partial charge on any atom is 0.142 e. The predicted molar refractivity (Wildman–Crippen MR) is 85.3 cm³/mol. The van der Waals surface area contributed by atoms with E-state index in [1.165, 1.54) is 6.08 Å². The fraction of sp³-hybridized carbons (Fsp3) is 0.294. The summed E-state index contributed by atoms with van der Waals surface area (Å²) in [5, 5.41) is 1.12. The van der Waals surface area contributed by atoms with Gasteiger partial charge in [0.2, 0.25) is 0 Å². The van der Waals surface area contributed by atoms with Crippen LogP contribution in [-0.2, 0) is 14.3 Å². The summed E-state index contributed by atoms with van der Waals surface area (Å²) in [5.74, 6) is 0. The van der Waals surface area contributed by atoms with Gasteiger partial charge in [0, 0.05) is 25.8 Å². The fourth-order valence-corrected chi connectivity index (χ4v) is 1.67. The van der Waals surface area contributed by atoms with Crippen molar-refractivity contribution in [2.45, 2.75) is 6.92 Å². The zero-order valence-corrected chi connectivity index (χ0v) is 12.7.